The van der Waals surface area contributed by atoms with Crippen molar-refractivity contribution in [2.45, 2.75) is 62.9 Å². The highest BCUT2D eigenvalue weighted by Gasteiger charge is 2.35. The van der Waals surface area contributed by atoms with Gasteiger partial charge in [0.15, 0.2) is 0 Å². The van der Waals surface area contributed by atoms with Gasteiger partial charge in [-0.1, -0.05) is 12.8 Å². The van der Waals surface area contributed by atoms with Crippen LogP contribution in [0, 0.1) is 0 Å². The van der Waals surface area contributed by atoms with Crippen LogP contribution in [0.25, 0.3) is 0 Å². The molecule has 0 amide bonds. The highest BCUT2D eigenvalue weighted by molar-refractivity contribution is 4.98. The molecule has 2 heteroatoms. The maximum atomic E-state index is 6.18. The maximum Gasteiger partial charge on any atom is 0.0281 e. The summed E-state index contributed by atoms with van der Waals surface area (Å²) < 4.78 is 0. The third kappa shape index (κ3) is 2.05. The molecule has 2 fully saturated rings. The summed E-state index contributed by atoms with van der Waals surface area (Å²) in [5.41, 5.74) is 6.73. The first-order valence-corrected chi connectivity index (χ1v) is 5.66. The standard InChI is InChI=1S/C11H22N2/c1-10(5-2-3-6-10)13-9-11(12)7-4-8-11/h13H,2-9,12H2,1H3. The van der Waals surface area contributed by atoms with E-state index in [4.69, 9.17) is 5.73 Å². The van der Waals surface area contributed by atoms with E-state index in [1.165, 1.54) is 44.9 Å². The van der Waals surface area contributed by atoms with Crippen LogP contribution in [0.5, 0.6) is 0 Å². The fourth-order valence-electron chi connectivity index (χ4n) is 2.53. The Morgan fingerprint density at radius 3 is 2.15 bits per heavy atom. The zero-order valence-corrected chi connectivity index (χ0v) is 8.73. The minimum absolute atomic E-state index is 0.144. The molecular formula is C11H22N2. The second-order valence-corrected chi connectivity index (χ2v) is 5.34. The Kier molecular flexibility index (Phi) is 2.37. The fourth-order valence-corrected chi connectivity index (χ4v) is 2.53. The van der Waals surface area contributed by atoms with E-state index in [-0.39, 0.29) is 5.54 Å². The number of rotatable bonds is 3. The topological polar surface area (TPSA) is 38.0 Å². The minimum atomic E-state index is 0.144. The molecule has 2 saturated carbocycles. The third-order valence-electron chi connectivity index (χ3n) is 3.92. The molecule has 0 atom stereocenters. The molecule has 0 unspecified atom stereocenters. The van der Waals surface area contributed by atoms with Crippen LogP contribution in [0.2, 0.25) is 0 Å². The maximum absolute atomic E-state index is 6.18. The molecule has 2 aliphatic carbocycles. The zero-order chi connectivity index (χ0) is 9.36. The van der Waals surface area contributed by atoms with Gasteiger partial charge in [0.1, 0.15) is 0 Å². The average molecular weight is 182 g/mol. The quantitative estimate of drug-likeness (QED) is 0.698. The van der Waals surface area contributed by atoms with Crippen molar-refractivity contribution in [1.82, 2.24) is 5.32 Å². The van der Waals surface area contributed by atoms with E-state index in [2.05, 4.69) is 12.2 Å². The molecule has 76 valence electrons. The Labute approximate surface area is 81.3 Å². The normalized spacial score (nSPS) is 30.0. The Morgan fingerprint density at radius 1 is 1.08 bits per heavy atom. The van der Waals surface area contributed by atoms with Gasteiger partial charge in [-0.05, 0) is 39.0 Å². The molecule has 0 heterocycles. The summed E-state index contributed by atoms with van der Waals surface area (Å²) in [5, 5.41) is 3.68. The van der Waals surface area contributed by atoms with E-state index in [1.54, 1.807) is 0 Å². The Morgan fingerprint density at radius 2 is 1.69 bits per heavy atom. The van der Waals surface area contributed by atoms with Gasteiger partial charge in [0.2, 0.25) is 0 Å². The second-order valence-electron chi connectivity index (χ2n) is 5.34. The SMILES string of the molecule is CC1(NCC2(N)CCC2)CCCC1. The minimum Gasteiger partial charge on any atom is -0.324 e. The van der Waals surface area contributed by atoms with E-state index in [0.717, 1.165) is 6.54 Å². The average Bonchev–Trinajstić information content (AvgIpc) is 2.46. The molecule has 0 saturated heterocycles. The predicted octanol–water partition coefficient (Wildman–Crippen LogP) is 1.79. The van der Waals surface area contributed by atoms with E-state index in [9.17, 15) is 0 Å². The summed E-state index contributed by atoms with van der Waals surface area (Å²) in [6, 6.07) is 0. The third-order valence-corrected chi connectivity index (χ3v) is 3.92. The largest absolute Gasteiger partial charge is 0.324 e. The van der Waals surface area contributed by atoms with Gasteiger partial charge in [0.25, 0.3) is 0 Å². The molecule has 2 nitrogen and oxygen atoms in total. The van der Waals surface area contributed by atoms with Crippen molar-refractivity contribution in [2.75, 3.05) is 6.54 Å². The van der Waals surface area contributed by atoms with Crippen molar-refractivity contribution in [3.63, 3.8) is 0 Å². The Bertz CT molecular complexity index is 179. The molecule has 0 bridgehead atoms. The van der Waals surface area contributed by atoms with E-state index in [0.29, 0.717) is 5.54 Å². The highest BCUT2D eigenvalue weighted by Crippen LogP contribution is 2.32. The second kappa shape index (κ2) is 3.25. The Balaban J connectivity index is 1.77. The van der Waals surface area contributed by atoms with Gasteiger partial charge in [-0.15, -0.1) is 0 Å². The van der Waals surface area contributed by atoms with Gasteiger partial charge in [0.05, 0.1) is 0 Å². The number of hydrogen-bond donors (Lipinski definition) is 2. The first-order valence-electron chi connectivity index (χ1n) is 5.66. The van der Waals surface area contributed by atoms with Crippen molar-refractivity contribution in [3.05, 3.63) is 0 Å². The van der Waals surface area contributed by atoms with Crippen molar-refractivity contribution in [2.24, 2.45) is 5.73 Å². The van der Waals surface area contributed by atoms with E-state index in [1.807, 2.05) is 0 Å². The molecule has 2 rings (SSSR count). The van der Waals surface area contributed by atoms with Crippen LogP contribution in [0.3, 0.4) is 0 Å². The van der Waals surface area contributed by atoms with Crippen molar-refractivity contribution >= 4 is 0 Å². The van der Waals surface area contributed by atoms with Gasteiger partial charge in [-0.2, -0.15) is 0 Å². The summed E-state index contributed by atoms with van der Waals surface area (Å²) in [6.45, 7) is 3.38. The molecule has 13 heavy (non-hydrogen) atoms. The van der Waals surface area contributed by atoms with Gasteiger partial charge >= 0.3 is 0 Å². The van der Waals surface area contributed by atoms with E-state index >= 15 is 0 Å². The lowest BCUT2D eigenvalue weighted by Gasteiger charge is -2.41. The molecule has 0 aromatic heterocycles. The summed E-state index contributed by atoms with van der Waals surface area (Å²) in [5.74, 6) is 0. The van der Waals surface area contributed by atoms with Crippen LogP contribution in [0.15, 0.2) is 0 Å². The molecular weight excluding hydrogens is 160 g/mol. The first-order chi connectivity index (χ1) is 6.12. The van der Waals surface area contributed by atoms with Gasteiger partial charge in [-0.25, -0.2) is 0 Å². The van der Waals surface area contributed by atoms with Crippen LogP contribution < -0.4 is 11.1 Å². The zero-order valence-electron chi connectivity index (χ0n) is 8.73. The summed E-state index contributed by atoms with van der Waals surface area (Å²) in [6.07, 6.45) is 9.22. The molecule has 0 radical (unpaired) electrons. The molecule has 0 aromatic carbocycles. The summed E-state index contributed by atoms with van der Waals surface area (Å²) in [7, 11) is 0. The molecule has 0 aliphatic heterocycles. The van der Waals surface area contributed by atoms with Crippen molar-refractivity contribution in [3.8, 4) is 0 Å². The van der Waals surface area contributed by atoms with Gasteiger partial charge < -0.3 is 11.1 Å². The molecule has 0 aromatic rings. The van der Waals surface area contributed by atoms with E-state index < -0.39 is 0 Å². The van der Waals surface area contributed by atoms with Crippen molar-refractivity contribution in [1.29, 1.82) is 0 Å². The molecule has 2 aliphatic rings. The lowest BCUT2D eigenvalue weighted by Crippen LogP contribution is -2.57. The molecule has 3 N–H and O–H groups in total. The highest BCUT2D eigenvalue weighted by atomic mass is 15.0. The summed E-state index contributed by atoms with van der Waals surface area (Å²) >= 11 is 0. The number of nitrogens with two attached hydrogens (primary N) is 1. The van der Waals surface area contributed by atoms with Crippen LogP contribution in [-0.2, 0) is 0 Å². The lowest BCUT2D eigenvalue weighted by atomic mass is 9.77. The fraction of sp³-hybridized carbons (Fsp3) is 1.00. The monoisotopic (exact) mass is 182 g/mol. The summed E-state index contributed by atoms with van der Waals surface area (Å²) in [4.78, 5) is 0. The van der Waals surface area contributed by atoms with Crippen LogP contribution in [0.4, 0.5) is 0 Å². The Hall–Kier alpha value is -0.0800. The van der Waals surface area contributed by atoms with Gasteiger partial charge in [0, 0.05) is 17.6 Å². The van der Waals surface area contributed by atoms with Crippen LogP contribution in [-0.4, -0.2) is 17.6 Å². The molecule has 0 spiro atoms. The predicted molar refractivity (Wildman–Crippen MR) is 55.6 cm³/mol. The first kappa shape index (κ1) is 9.47. The number of nitrogens with one attached hydrogen (secondary N) is 1. The van der Waals surface area contributed by atoms with Crippen LogP contribution >= 0.6 is 0 Å². The van der Waals surface area contributed by atoms with Crippen LogP contribution in [0.1, 0.15) is 51.9 Å². The lowest BCUT2D eigenvalue weighted by molar-refractivity contribution is 0.209. The smallest absolute Gasteiger partial charge is 0.0281 e. The number of hydrogen-bond acceptors (Lipinski definition) is 2. The van der Waals surface area contributed by atoms with Gasteiger partial charge in [-0.3, -0.25) is 0 Å². The van der Waals surface area contributed by atoms with Crippen molar-refractivity contribution < 1.29 is 0 Å².